The molecule has 0 radical (unpaired) electrons. The van der Waals surface area contributed by atoms with Gasteiger partial charge in [0.15, 0.2) is 5.71 Å². The van der Waals surface area contributed by atoms with Crippen LogP contribution in [0.1, 0.15) is 103 Å². The molecule has 0 saturated heterocycles. The van der Waals surface area contributed by atoms with Crippen LogP contribution in [0.15, 0.2) is 125 Å². The number of hydrogen-bond donors (Lipinski definition) is 4. The molecule has 2 heterocycles. The molecule has 0 bridgehead atoms. The van der Waals surface area contributed by atoms with Crippen LogP contribution in [-0.4, -0.2) is 84.8 Å². The number of rotatable bonds is 21. The summed E-state index contributed by atoms with van der Waals surface area (Å²) < 4.78 is 109. The van der Waals surface area contributed by atoms with Crippen LogP contribution >= 0.6 is 12.6 Å². The number of ether oxygens (including phenoxy) is 1. The molecule has 3 aromatic rings. The molecule has 2 aliphatic heterocycles. The van der Waals surface area contributed by atoms with Gasteiger partial charge in [-0.05, 0) is 125 Å². The summed E-state index contributed by atoms with van der Waals surface area (Å²) in [6.45, 7) is 8.99. The van der Waals surface area contributed by atoms with Gasteiger partial charge < -0.3 is 9.64 Å². The summed E-state index contributed by atoms with van der Waals surface area (Å²) in [7, 11) is -12.9. The Morgan fingerprint density at radius 3 is 2.15 bits per heavy atom. The number of ketones is 1. The first-order valence-corrected chi connectivity index (χ1v) is 27.5. The summed E-state index contributed by atoms with van der Waals surface area (Å²) in [5, 5.41) is -0.332. The number of Topliss-reactive ketones (excluding diaryl/α,β-unsaturated/α-hetero) is 1. The van der Waals surface area contributed by atoms with Gasteiger partial charge in [-0.2, -0.15) is 42.5 Å². The Morgan fingerprint density at radius 1 is 0.833 bits per heavy atom. The van der Waals surface area contributed by atoms with Crippen molar-refractivity contribution in [3.8, 4) is 5.75 Å². The Balaban J connectivity index is 1.47. The van der Waals surface area contributed by atoms with Crippen LogP contribution < -0.4 is 9.64 Å². The van der Waals surface area contributed by atoms with Gasteiger partial charge in [-0.25, -0.2) is 0 Å². The number of hydrogen-bond acceptors (Lipinski definition) is 10. The molecule has 0 aromatic heterocycles. The van der Waals surface area contributed by atoms with Crippen LogP contribution in [0.25, 0.3) is 0 Å². The van der Waals surface area contributed by atoms with E-state index in [4.69, 9.17) is 4.74 Å². The molecule has 2 unspecified atom stereocenters. The van der Waals surface area contributed by atoms with Crippen LogP contribution in [0.5, 0.6) is 5.75 Å². The number of carbonyl (C=O) groups excluding carboxylic acids is 1. The van der Waals surface area contributed by atoms with Crippen molar-refractivity contribution in [2.75, 3.05) is 29.5 Å². The zero-order valence-corrected chi connectivity index (χ0v) is 41.2. The van der Waals surface area contributed by atoms with Gasteiger partial charge in [-0.3, -0.25) is 18.5 Å². The van der Waals surface area contributed by atoms with Gasteiger partial charge >= 0.3 is 0 Å². The van der Waals surface area contributed by atoms with E-state index in [2.05, 4.69) is 48.9 Å². The van der Waals surface area contributed by atoms with E-state index in [1.807, 2.05) is 73.7 Å². The van der Waals surface area contributed by atoms with Crippen molar-refractivity contribution in [3.05, 3.63) is 131 Å². The molecule has 66 heavy (non-hydrogen) atoms. The summed E-state index contributed by atoms with van der Waals surface area (Å²) in [6, 6.07) is 21.4. The number of anilines is 1. The van der Waals surface area contributed by atoms with Crippen molar-refractivity contribution < 1.29 is 53.0 Å². The maximum Gasteiger partial charge on any atom is 0.294 e. The second-order valence-corrected chi connectivity index (χ2v) is 23.1. The van der Waals surface area contributed by atoms with Gasteiger partial charge in [0.1, 0.15) is 23.8 Å². The Bertz CT molecular complexity index is 2810. The number of fused-ring (bicyclic) bond motifs is 2. The topological polar surface area (TPSA) is 196 Å². The quantitative estimate of drug-likeness (QED) is 0.0449. The van der Waals surface area contributed by atoms with Gasteiger partial charge in [0.05, 0.1) is 27.1 Å². The first-order chi connectivity index (χ1) is 31.0. The highest BCUT2D eigenvalue weighted by Crippen LogP contribution is 2.51. The third-order valence-electron chi connectivity index (χ3n) is 12.7. The molecule has 0 fully saturated rings. The normalized spacial score (nSPS) is 20.4. The van der Waals surface area contributed by atoms with E-state index < -0.39 is 46.9 Å². The van der Waals surface area contributed by atoms with Crippen molar-refractivity contribution in [2.45, 2.75) is 113 Å². The van der Waals surface area contributed by atoms with E-state index >= 15 is 0 Å². The van der Waals surface area contributed by atoms with E-state index in [1.165, 1.54) is 24.3 Å². The summed E-state index contributed by atoms with van der Waals surface area (Å²) in [4.78, 5) is 14.9. The molecule has 6 rings (SSSR count). The lowest BCUT2D eigenvalue weighted by Gasteiger charge is -2.31. The highest BCUT2D eigenvalue weighted by atomic mass is 32.2. The summed E-state index contributed by atoms with van der Waals surface area (Å²) in [5.41, 5.74) is 6.33. The highest BCUT2D eigenvalue weighted by Gasteiger charge is 2.45. The van der Waals surface area contributed by atoms with Crippen molar-refractivity contribution >= 4 is 65.9 Å². The molecule has 3 aromatic carbocycles. The Kier molecular flexibility index (Phi) is 16.1. The molecule has 3 N–H and O–H groups in total. The number of nitrogens with zero attached hydrogens (tertiary/aromatic N) is 2. The van der Waals surface area contributed by atoms with Crippen LogP contribution in [-0.2, 0) is 46.0 Å². The Morgan fingerprint density at radius 2 is 1.48 bits per heavy atom. The van der Waals surface area contributed by atoms with Crippen molar-refractivity contribution in [1.29, 1.82) is 0 Å². The second-order valence-electron chi connectivity index (χ2n) is 17.9. The summed E-state index contributed by atoms with van der Waals surface area (Å²) >= 11 is 4.56. The average Bonchev–Trinajstić information content (AvgIpc) is 3.60. The lowest BCUT2D eigenvalue weighted by Crippen LogP contribution is -2.30. The van der Waals surface area contributed by atoms with Gasteiger partial charge in [0, 0.05) is 53.9 Å². The summed E-state index contributed by atoms with van der Waals surface area (Å²) in [6.07, 6.45) is 13.5. The molecule has 2 atom stereocenters. The molecule has 13 nitrogen and oxygen atoms in total. The highest BCUT2D eigenvalue weighted by molar-refractivity contribution is 7.86. The maximum atomic E-state index is 13.1. The predicted octanol–water partition coefficient (Wildman–Crippen LogP) is 9.36. The number of para-hydroxylation sites is 2. The van der Waals surface area contributed by atoms with Gasteiger partial charge in [-0.1, -0.05) is 55.8 Å². The molecular formula is C49H61N2O11S4+. The van der Waals surface area contributed by atoms with Crippen LogP contribution in [0, 0.1) is 0 Å². The minimum atomic E-state index is -4.46. The zero-order chi connectivity index (χ0) is 48.1. The van der Waals surface area contributed by atoms with E-state index in [9.17, 15) is 43.7 Å². The molecular weight excluding hydrogens is 921 g/mol. The van der Waals surface area contributed by atoms with Crippen molar-refractivity contribution in [3.63, 3.8) is 0 Å². The van der Waals surface area contributed by atoms with Crippen molar-refractivity contribution in [2.24, 2.45) is 0 Å². The molecule has 0 spiro atoms. The number of carbonyl (C=O) groups is 1. The maximum absolute atomic E-state index is 13.1. The average molecular weight is 982 g/mol. The molecule has 0 saturated carbocycles. The second kappa shape index (κ2) is 20.9. The van der Waals surface area contributed by atoms with E-state index in [0.717, 1.165) is 57.9 Å². The van der Waals surface area contributed by atoms with Gasteiger partial charge in [-0.15, -0.1) is 0 Å². The monoisotopic (exact) mass is 981 g/mol. The fraction of sp³-hybridized carbons (Fsp3) is 0.429. The lowest BCUT2D eigenvalue weighted by molar-refractivity contribution is -0.437. The molecule has 3 aliphatic rings. The lowest BCUT2D eigenvalue weighted by atomic mass is 9.76. The Labute approximate surface area is 395 Å². The molecule has 1 aliphatic carbocycles. The standard InChI is InChI=1S/C49H60N2O11S4/c1-5-14-44(63)43(52)21-11-30-49(4)40-18-7-9-20-42(40)51(32-13-34-65(56,57)58)46(49)29-23-36-16-10-15-35(47(36)62-37-24-26-38(27-25-37)66(59,60)61)22-28-45-48(2,3)39-17-6-8-19-41(39)50(45)31-12-33-64(53,54)55/h6-9,17-20,22-29,44H,5,10-16,21,30-34H2,1-4H3,(H3-,53,54,55,56,57,58,59,60,61,63)/p+1. The smallest absolute Gasteiger partial charge is 0.294 e. The van der Waals surface area contributed by atoms with E-state index in [1.54, 1.807) is 0 Å². The van der Waals surface area contributed by atoms with E-state index in [-0.39, 0.29) is 34.5 Å². The van der Waals surface area contributed by atoms with Gasteiger partial charge in [0.25, 0.3) is 30.4 Å². The molecule has 356 valence electrons. The minimum absolute atomic E-state index is 0.0938. The van der Waals surface area contributed by atoms with Crippen molar-refractivity contribution in [1.82, 2.24) is 0 Å². The number of benzene rings is 3. The molecule has 17 heteroatoms. The van der Waals surface area contributed by atoms with Crippen LogP contribution in [0.3, 0.4) is 0 Å². The van der Waals surface area contributed by atoms with Crippen LogP contribution in [0.4, 0.5) is 11.4 Å². The van der Waals surface area contributed by atoms with E-state index in [0.29, 0.717) is 63.1 Å². The third-order valence-corrected chi connectivity index (χ3v) is 15.8. The fourth-order valence-electron chi connectivity index (χ4n) is 9.44. The largest absolute Gasteiger partial charge is 0.457 e. The first kappa shape index (κ1) is 51.0. The van der Waals surface area contributed by atoms with Gasteiger partial charge in [0.2, 0.25) is 5.69 Å². The third kappa shape index (κ3) is 12.2. The predicted molar refractivity (Wildman–Crippen MR) is 262 cm³/mol. The first-order valence-electron chi connectivity index (χ1n) is 22.3. The molecule has 0 amide bonds. The SMILES string of the molecule is CCCC(S)C(=O)CCCC1(C)/C(=C\C=C2/CCCC(/C=C/C3=[N+](CCCS(=O)(=O)O)c4ccccc4C3(C)C)=C2Oc2ccc(S(=O)(=O)O)cc2)N(CCCS(=O)(=O)O)c2ccccc21. The van der Waals surface area contributed by atoms with Crippen LogP contribution in [0.2, 0.25) is 0 Å². The number of allylic oxidation sites excluding steroid dienone is 7. The summed E-state index contributed by atoms with van der Waals surface area (Å²) in [5.74, 6) is 0.157. The number of thiol groups is 1. The zero-order valence-electron chi connectivity index (χ0n) is 37.9. The minimum Gasteiger partial charge on any atom is -0.457 e. The Hall–Kier alpha value is -4.36. The fourth-order valence-corrected chi connectivity index (χ4v) is 11.3.